The first-order valence-electron chi connectivity index (χ1n) is 10.9. The first-order valence-corrected chi connectivity index (χ1v) is 10.9. The lowest BCUT2D eigenvalue weighted by molar-refractivity contribution is 0.0981. The van der Waals surface area contributed by atoms with Crippen molar-refractivity contribution in [3.63, 3.8) is 0 Å². The van der Waals surface area contributed by atoms with E-state index in [4.69, 9.17) is 4.42 Å². The lowest BCUT2D eigenvalue weighted by Gasteiger charge is -2.24. The average molecular weight is 437 g/mol. The van der Waals surface area contributed by atoms with Crippen LogP contribution in [0.25, 0.3) is 0 Å². The highest BCUT2D eigenvalue weighted by Crippen LogP contribution is 2.32. The number of hydrogen-bond donors (Lipinski definition) is 0. The highest BCUT2D eigenvalue weighted by molar-refractivity contribution is 6.08. The maximum atomic E-state index is 13.6. The fourth-order valence-corrected chi connectivity index (χ4v) is 4.34. The number of benzene rings is 3. The minimum Gasteiger partial charge on any atom is -0.469 e. The summed E-state index contributed by atoms with van der Waals surface area (Å²) >= 11 is 0. The van der Waals surface area contributed by atoms with E-state index in [0.29, 0.717) is 29.1 Å². The Morgan fingerprint density at radius 1 is 0.848 bits per heavy atom. The number of aryl methyl sites for hydroxylation is 1. The van der Waals surface area contributed by atoms with Crippen molar-refractivity contribution < 1.29 is 14.0 Å². The van der Waals surface area contributed by atoms with Crippen molar-refractivity contribution in [2.24, 2.45) is 0 Å². The molecular weight excluding hydrogens is 412 g/mol. The topological polar surface area (TPSA) is 53.8 Å². The second-order valence-electron chi connectivity index (χ2n) is 8.27. The van der Waals surface area contributed by atoms with E-state index in [-0.39, 0.29) is 11.8 Å². The number of rotatable bonds is 3. The van der Waals surface area contributed by atoms with Crippen LogP contribution in [0.15, 0.2) is 89.5 Å². The Labute approximate surface area is 192 Å². The second-order valence-corrected chi connectivity index (χ2v) is 8.27. The molecule has 0 radical (unpaired) electrons. The van der Waals surface area contributed by atoms with E-state index in [0.717, 1.165) is 23.2 Å². The summed E-state index contributed by atoms with van der Waals surface area (Å²) in [6.45, 7) is 2.28. The van der Waals surface area contributed by atoms with E-state index < -0.39 is 0 Å². The van der Waals surface area contributed by atoms with Gasteiger partial charge in [0.15, 0.2) is 0 Å². The van der Waals surface area contributed by atoms with Crippen LogP contribution in [0.3, 0.4) is 0 Å². The van der Waals surface area contributed by atoms with Gasteiger partial charge in [0.25, 0.3) is 11.8 Å². The molecule has 1 aliphatic rings. The molecule has 0 fully saturated rings. The molecule has 1 aromatic heterocycles. The summed E-state index contributed by atoms with van der Waals surface area (Å²) in [6.07, 6.45) is 2.31. The SMILES string of the molecule is Cc1occc1C(=O)N(C)c1ccc(C(=O)N2Cc3ccccc3Cc3ccccc32)cc1. The Hall–Kier alpha value is -4.12. The predicted octanol–water partition coefficient (Wildman–Crippen LogP) is 5.62. The lowest BCUT2D eigenvalue weighted by atomic mass is 10.0. The van der Waals surface area contributed by atoms with Gasteiger partial charge >= 0.3 is 0 Å². The van der Waals surface area contributed by atoms with Gasteiger partial charge in [0.2, 0.25) is 0 Å². The van der Waals surface area contributed by atoms with Crippen molar-refractivity contribution >= 4 is 23.2 Å². The molecule has 1 aliphatic heterocycles. The summed E-state index contributed by atoms with van der Waals surface area (Å²) in [5.74, 6) is 0.363. The molecule has 0 aliphatic carbocycles. The fraction of sp³-hybridized carbons (Fsp3) is 0.143. The molecule has 0 unspecified atom stereocenters. The number of fused-ring (bicyclic) bond motifs is 2. The van der Waals surface area contributed by atoms with Crippen LogP contribution in [0.4, 0.5) is 11.4 Å². The zero-order valence-corrected chi connectivity index (χ0v) is 18.6. The third-order valence-electron chi connectivity index (χ3n) is 6.25. The van der Waals surface area contributed by atoms with Crippen LogP contribution in [0.1, 0.15) is 43.2 Å². The molecule has 0 spiro atoms. The maximum absolute atomic E-state index is 13.6. The first-order chi connectivity index (χ1) is 16.0. The monoisotopic (exact) mass is 436 g/mol. The maximum Gasteiger partial charge on any atom is 0.261 e. The lowest BCUT2D eigenvalue weighted by Crippen LogP contribution is -2.30. The van der Waals surface area contributed by atoms with E-state index in [9.17, 15) is 9.59 Å². The van der Waals surface area contributed by atoms with Crippen LogP contribution in [0.2, 0.25) is 0 Å². The summed E-state index contributed by atoms with van der Waals surface area (Å²) in [6, 6.07) is 25.2. The molecule has 5 rings (SSSR count). The van der Waals surface area contributed by atoms with Crippen LogP contribution in [-0.2, 0) is 13.0 Å². The van der Waals surface area contributed by atoms with Gasteiger partial charge in [-0.15, -0.1) is 0 Å². The Bertz CT molecular complexity index is 1340. The van der Waals surface area contributed by atoms with Gasteiger partial charge in [0, 0.05) is 24.0 Å². The molecule has 0 saturated carbocycles. The minimum absolute atomic E-state index is 0.0645. The van der Waals surface area contributed by atoms with Crippen molar-refractivity contribution in [2.75, 3.05) is 16.8 Å². The van der Waals surface area contributed by atoms with Crippen molar-refractivity contribution in [2.45, 2.75) is 19.9 Å². The summed E-state index contributed by atoms with van der Waals surface area (Å²) in [5, 5.41) is 0. The summed E-state index contributed by atoms with van der Waals surface area (Å²) in [7, 11) is 1.72. The Morgan fingerprint density at radius 3 is 2.21 bits per heavy atom. The molecule has 164 valence electrons. The summed E-state index contributed by atoms with van der Waals surface area (Å²) < 4.78 is 5.26. The smallest absolute Gasteiger partial charge is 0.261 e. The predicted molar refractivity (Wildman–Crippen MR) is 129 cm³/mol. The number of anilines is 2. The fourth-order valence-electron chi connectivity index (χ4n) is 4.34. The molecular formula is C28H24N2O3. The van der Waals surface area contributed by atoms with Crippen LogP contribution < -0.4 is 9.80 Å². The van der Waals surface area contributed by atoms with Gasteiger partial charge in [-0.05, 0) is 66.4 Å². The normalized spacial score (nSPS) is 12.5. The van der Waals surface area contributed by atoms with Crippen LogP contribution in [0.5, 0.6) is 0 Å². The van der Waals surface area contributed by atoms with Crippen molar-refractivity contribution in [3.05, 3.63) is 119 Å². The van der Waals surface area contributed by atoms with Gasteiger partial charge in [-0.3, -0.25) is 9.59 Å². The number of nitrogens with zero attached hydrogens (tertiary/aromatic N) is 2. The number of carbonyl (C=O) groups excluding carboxylic acids is 2. The quantitative estimate of drug-likeness (QED) is 0.419. The van der Waals surface area contributed by atoms with Crippen molar-refractivity contribution in [3.8, 4) is 0 Å². The zero-order valence-electron chi connectivity index (χ0n) is 18.6. The van der Waals surface area contributed by atoms with E-state index in [1.165, 1.54) is 11.8 Å². The molecule has 33 heavy (non-hydrogen) atoms. The van der Waals surface area contributed by atoms with Gasteiger partial charge in [0.05, 0.1) is 18.4 Å². The molecule has 5 nitrogen and oxygen atoms in total. The number of furan rings is 1. The van der Waals surface area contributed by atoms with E-state index >= 15 is 0 Å². The van der Waals surface area contributed by atoms with Crippen LogP contribution in [-0.4, -0.2) is 18.9 Å². The molecule has 0 atom stereocenters. The van der Waals surface area contributed by atoms with Gasteiger partial charge in [0.1, 0.15) is 5.76 Å². The molecule has 3 aromatic carbocycles. The van der Waals surface area contributed by atoms with Gasteiger partial charge < -0.3 is 14.2 Å². The highest BCUT2D eigenvalue weighted by Gasteiger charge is 2.25. The molecule has 4 aromatic rings. The number of carbonyl (C=O) groups is 2. The largest absolute Gasteiger partial charge is 0.469 e. The van der Waals surface area contributed by atoms with Crippen molar-refractivity contribution in [1.82, 2.24) is 0 Å². The third kappa shape index (κ3) is 3.82. The van der Waals surface area contributed by atoms with E-state index in [2.05, 4.69) is 18.2 Å². The van der Waals surface area contributed by atoms with Gasteiger partial charge in [-0.25, -0.2) is 0 Å². The Morgan fingerprint density at radius 2 is 1.52 bits per heavy atom. The highest BCUT2D eigenvalue weighted by atomic mass is 16.3. The van der Waals surface area contributed by atoms with Crippen LogP contribution >= 0.6 is 0 Å². The standard InChI is InChI=1S/C28H24N2O3/c1-19-25(15-16-33-19)28(32)29(2)24-13-11-20(12-14-24)27(31)30-18-23-9-4-3-7-21(23)17-22-8-5-6-10-26(22)30/h3-16H,17-18H2,1-2H3. The molecule has 0 N–H and O–H groups in total. The van der Waals surface area contributed by atoms with E-state index in [1.807, 2.05) is 35.2 Å². The van der Waals surface area contributed by atoms with Gasteiger partial charge in [-0.2, -0.15) is 0 Å². The first kappa shape index (κ1) is 20.8. The van der Waals surface area contributed by atoms with Gasteiger partial charge in [-0.1, -0.05) is 42.5 Å². The number of amides is 2. The Balaban J connectivity index is 1.44. The van der Waals surface area contributed by atoms with E-state index in [1.54, 1.807) is 49.2 Å². The number of para-hydroxylation sites is 1. The molecule has 0 saturated heterocycles. The molecule has 2 amide bonds. The number of hydrogen-bond acceptors (Lipinski definition) is 3. The Kier molecular flexibility index (Phi) is 5.31. The summed E-state index contributed by atoms with van der Waals surface area (Å²) in [4.78, 5) is 29.8. The zero-order chi connectivity index (χ0) is 22.9. The van der Waals surface area contributed by atoms with Crippen LogP contribution in [0, 0.1) is 6.92 Å². The second kappa shape index (κ2) is 8.43. The molecule has 0 bridgehead atoms. The summed E-state index contributed by atoms with van der Waals surface area (Å²) in [5.41, 5.74) is 6.27. The third-order valence-corrected chi connectivity index (χ3v) is 6.25. The molecule has 5 heteroatoms. The minimum atomic E-state index is -0.154. The molecule has 2 heterocycles. The average Bonchev–Trinajstić information content (AvgIpc) is 3.20. The van der Waals surface area contributed by atoms with Crippen molar-refractivity contribution in [1.29, 1.82) is 0 Å².